The summed E-state index contributed by atoms with van der Waals surface area (Å²) in [4.78, 5) is 38.1. The van der Waals surface area contributed by atoms with Crippen LogP contribution >= 0.6 is 0 Å². The van der Waals surface area contributed by atoms with Crippen molar-refractivity contribution >= 4 is 17.9 Å². The lowest BCUT2D eigenvalue weighted by molar-refractivity contribution is -0.167. The average Bonchev–Trinajstić information content (AvgIpc) is 3.46. The van der Waals surface area contributed by atoms with Gasteiger partial charge in [0.15, 0.2) is 6.10 Å². The monoisotopic (exact) mass is 1110 g/mol. The zero-order valence-corrected chi connectivity index (χ0v) is 53.1. The highest BCUT2D eigenvalue weighted by atomic mass is 16.6. The normalized spacial score (nSPS) is 12.6. The van der Waals surface area contributed by atoms with E-state index >= 15 is 0 Å². The van der Waals surface area contributed by atoms with Crippen molar-refractivity contribution in [3.63, 3.8) is 0 Å². The first-order valence-electron chi connectivity index (χ1n) is 34.6. The second-order valence-corrected chi connectivity index (χ2v) is 23.1. The van der Waals surface area contributed by atoms with Gasteiger partial charge in [-0.2, -0.15) is 0 Å². The molecule has 0 aliphatic rings. The van der Waals surface area contributed by atoms with Crippen molar-refractivity contribution in [1.82, 2.24) is 0 Å². The molecule has 0 amide bonds. The van der Waals surface area contributed by atoms with Gasteiger partial charge in [0.05, 0.1) is 0 Å². The number of allylic oxidation sites excluding steroid dienone is 14. The summed E-state index contributed by atoms with van der Waals surface area (Å²) in [5.74, 6) is -0.871. The molecule has 0 rings (SSSR count). The van der Waals surface area contributed by atoms with Crippen molar-refractivity contribution in [2.45, 2.75) is 354 Å². The summed E-state index contributed by atoms with van der Waals surface area (Å²) < 4.78 is 16.8. The van der Waals surface area contributed by atoms with Crippen LogP contribution in [-0.4, -0.2) is 37.2 Å². The van der Waals surface area contributed by atoms with Crippen molar-refractivity contribution in [2.24, 2.45) is 0 Å². The van der Waals surface area contributed by atoms with Gasteiger partial charge >= 0.3 is 17.9 Å². The molecule has 0 aliphatic carbocycles. The van der Waals surface area contributed by atoms with Crippen LogP contribution in [0.4, 0.5) is 0 Å². The van der Waals surface area contributed by atoms with Gasteiger partial charge in [0.2, 0.25) is 0 Å². The molecule has 0 aromatic rings. The van der Waals surface area contributed by atoms with E-state index in [0.717, 1.165) is 96.3 Å². The molecule has 0 heterocycles. The SMILES string of the molecule is CC/C=C\C/C=C\C/C=C\C/C=C\C/C=C\CCCCCCCCCCCCCCCCCCCCCC(=O)OCC(COC(=O)CCCCCCCC)OC(=O)CCCCCCCCCCC/C=C\C/C=C\CCCCCCC. The molecule has 0 bridgehead atoms. The van der Waals surface area contributed by atoms with Crippen LogP contribution in [0.3, 0.4) is 0 Å². The van der Waals surface area contributed by atoms with Crippen LogP contribution in [0, 0.1) is 0 Å². The van der Waals surface area contributed by atoms with E-state index in [2.05, 4.69) is 106 Å². The molecule has 462 valence electrons. The van der Waals surface area contributed by atoms with E-state index in [1.54, 1.807) is 0 Å². The first-order chi connectivity index (χ1) is 39.5. The van der Waals surface area contributed by atoms with E-state index in [1.807, 2.05) is 0 Å². The highest BCUT2D eigenvalue weighted by molar-refractivity contribution is 5.71. The highest BCUT2D eigenvalue weighted by Gasteiger charge is 2.19. The molecule has 0 spiro atoms. The Morgan fingerprint density at radius 3 is 0.762 bits per heavy atom. The van der Waals surface area contributed by atoms with Crippen molar-refractivity contribution in [2.75, 3.05) is 13.2 Å². The maximum absolute atomic E-state index is 12.9. The molecule has 0 aromatic heterocycles. The van der Waals surface area contributed by atoms with Gasteiger partial charge in [0, 0.05) is 19.3 Å². The van der Waals surface area contributed by atoms with Gasteiger partial charge in [-0.3, -0.25) is 14.4 Å². The summed E-state index contributed by atoms with van der Waals surface area (Å²) in [6.45, 7) is 6.49. The Bertz CT molecular complexity index is 1520. The molecule has 1 unspecified atom stereocenters. The topological polar surface area (TPSA) is 78.9 Å². The summed E-state index contributed by atoms with van der Waals surface area (Å²) in [5, 5.41) is 0. The number of rotatable bonds is 63. The molecule has 6 nitrogen and oxygen atoms in total. The zero-order chi connectivity index (χ0) is 57.8. The Kier molecular flexibility index (Phi) is 65.2. The van der Waals surface area contributed by atoms with Gasteiger partial charge in [-0.25, -0.2) is 0 Å². The summed E-state index contributed by atoms with van der Waals surface area (Å²) in [7, 11) is 0. The van der Waals surface area contributed by atoms with Crippen LogP contribution in [0.2, 0.25) is 0 Å². The van der Waals surface area contributed by atoms with E-state index in [0.29, 0.717) is 19.3 Å². The summed E-state index contributed by atoms with van der Waals surface area (Å²) >= 11 is 0. The Balaban J connectivity index is 3.97. The van der Waals surface area contributed by atoms with Crippen LogP contribution in [0.15, 0.2) is 85.1 Å². The van der Waals surface area contributed by atoms with Crippen molar-refractivity contribution < 1.29 is 28.6 Å². The Morgan fingerprint density at radius 2 is 0.487 bits per heavy atom. The first kappa shape index (κ1) is 76.6. The fraction of sp³-hybridized carbons (Fsp3) is 0.770. The Hall–Kier alpha value is -3.41. The predicted molar refractivity (Wildman–Crippen MR) is 348 cm³/mol. The smallest absolute Gasteiger partial charge is 0.306 e. The molecular weight excluding hydrogens is 985 g/mol. The lowest BCUT2D eigenvalue weighted by Crippen LogP contribution is -2.30. The molecule has 80 heavy (non-hydrogen) atoms. The van der Waals surface area contributed by atoms with Crippen molar-refractivity contribution in [3.05, 3.63) is 85.1 Å². The van der Waals surface area contributed by atoms with Crippen LogP contribution in [0.1, 0.15) is 348 Å². The summed E-state index contributed by atoms with van der Waals surface area (Å²) in [6.07, 6.45) is 90.8. The molecule has 0 radical (unpaired) electrons. The largest absolute Gasteiger partial charge is 0.462 e. The number of carbonyl (C=O) groups is 3. The minimum atomic E-state index is -0.773. The van der Waals surface area contributed by atoms with Gasteiger partial charge < -0.3 is 14.2 Å². The van der Waals surface area contributed by atoms with Gasteiger partial charge in [-0.15, -0.1) is 0 Å². The molecular formula is C74H130O6. The van der Waals surface area contributed by atoms with E-state index in [4.69, 9.17) is 14.2 Å². The third-order valence-corrected chi connectivity index (χ3v) is 15.1. The van der Waals surface area contributed by atoms with Crippen LogP contribution in [-0.2, 0) is 28.6 Å². The lowest BCUT2D eigenvalue weighted by Gasteiger charge is -2.18. The number of carbonyl (C=O) groups excluding carboxylic acids is 3. The quantitative estimate of drug-likeness (QED) is 0.0261. The molecule has 0 aliphatic heterocycles. The molecule has 0 fully saturated rings. The maximum atomic E-state index is 12.9. The second-order valence-electron chi connectivity index (χ2n) is 23.1. The Morgan fingerprint density at radius 1 is 0.263 bits per heavy atom. The minimum Gasteiger partial charge on any atom is -0.462 e. The number of hydrogen-bond donors (Lipinski definition) is 0. The molecule has 1 atom stereocenters. The standard InChI is InChI=1S/C74H130O6/c1-4-7-10-13-16-18-20-22-24-26-28-30-31-32-33-34-35-36-37-38-39-40-41-42-43-45-46-48-50-52-54-56-58-61-64-67-73(76)79-70-71(69-78-72(75)66-63-60-15-12-9-6-3)80-74(77)68-65-62-59-57-55-53-51-49-47-44-29-27-25-23-21-19-17-14-11-8-5-2/h7,10,16,18,21-24,27-30,32-33,71H,4-6,8-9,11-15,17,19-20,25-26,31,34-70H2,1-3H3/b10-7-,18-16-,23-21-,24-22-,29-27-,30-28-,33-32-. The zero-order valence-electron chi connectivity index (χ0n) is 53.1. The number of esters is 3. The van der Waals surface area contributed by atoms with Gasteiger partial charge in [-0.05, 0) is 96.3 Å². The molecule has 0 saturated heterocycles. The van der Waals surface area contributed by atoms with Gasteiger partial charge in [0.25, 0.3) is 0 Å². The molecule has 6 heteroatoms. The van der Waals surface area contributed by atoms with Crippen LogP contribution in [0.25, 0.3) is 0 Å². The third kappa shape index (κ3) is 65.4. The van der Waals surface area contributed by atoms with E-state index in [9.17, 15) is 14.4 Å². The predicted octanol–water partition coefficient (Wildman–Crippen LogP) is 23.8. The van der Waals surface area contributed by atoms with Gasteiger partial charge in [-0.1, -0.05) is 318 Å². The fourth-order valence-corrected chi connectivity index (χ4v) is 9.97. The van der Waals surface area contributed by atoms with Crippen molar-refractivity contribution in [1.29, 1.82) is 0 Å². The lowest BCUT2D eigenvalue weighted by atomic mass is 10.0. The van der Waals surface area contributed by atoms with Crippen molar-refractivity contribution in [3.8, 4) is 0 Å². The van der Waals surface area contributed by atoms with Crippen LogP contribution < -0.4 is 0 Å². The van der Waals surface area contributed by atoms with E-state index in [-0.39, 0.29) is 31.1 Å². The maximum Gasteiger partial charge on any atom is 0.306 e. The number of unbranched alkanes of at least 4 members (excludes halogenated alkanes) is 38. The summed E-state index contributed by atoms with van der Waals surface area (Å²) in [6, 6.07) is 0. The third-order valence-electron chi connectivity index (χ3n) is 15.1. The Labute approximate surface area is 496 Å². The van der Waals surface area contributed by atoms with Gasteiger partial charge in [0.1, 0.15) is 13.2 Å². The average molecular weight is 1120 g/mol. The summed E-state index contributed by atoms with van der Waals surface area (Å²) in [5.41, 5.74) is 0. The van der Waals surface area contributed by atoms with Crippen LogP contribution in [0.5, 0.6) is 0 Å². The van der Waals surface area contributed by atoms with E-state index < -0.39 is 6.10 Å². The van der Waals surface area contributed by atoms with E-state index in [1.165, 1.54) is 212 Å². The molecule has 0 N–H and O–H groups in total. The highest BCUT2D eigenvalue weighted by Crippen LogP contribution is 2.17. The second kappa shape index (κ2) is 68.1. The first-order valence-corrected chi connectivity index (χ1v) is 34.6. The number of ether oxygens (including phenoxy) is 3. The minimum absolute atomic E-state index is 0.0733. The fourth-order valence-electron chi connectivity index (χ4n) is 9.97. The molecule has 0 aromatic carbocycles. The number of hydrogen-bond acceptors (Lipinski definition) is 6. The molecule has 0 saturated carbocycles.